The van der Waals surface area contributed by atoms with Gasteiger partial charge in [0.05, 0.1) is 27.3 Å². The topological polar surface area (TPSA) is 71.3 Å². The Morgan fingerprint density at radius 3 is 2.56 bits per heavy atom. The van der Waals surface area contributed by atoms with Gasteiger partial charge in [0.2, 0.25) is 0 Å². The van der Waals surface area contributed by atoms with Gasteiger partial charge in [-0.1, -0.05) is 47.5 Å². The molecule has 0 saturated heterocycles. The average Bonchev–Trinajstić information content (AvgIpc) is 2.77. The van der Waals surface area contributed by atoms with Gasteiger partial charge in [-0.3, -0.25) is 4.79 Å². The molecule has 8 heteroatoms. The second-order valence-electron chi connectivity index (χ2n) is 6.53. The van der Waals surface area contributed by atoms with Crippen molar-refractivity contribution in [2.45, 2.75) is 0 Å². The van der Waals surface area contributed by atoms with Crippen molar-refractivity contribution in [3.05, 3.63) is 85.4 Å². The Morgan fingerprint density at radius 2 is 1.91 bits per heavy atom. The standard InChI is InChI=1S/C24H17Cl2IN2O3/c1-31-22-11-15(9-16(13-28)19-8-7-17(25)12-20(19)26)10-21(27)24(22)32-14-23(30)29-18-5-3-2-4-6-18/h2-12H,14H2,1H3,(H,29,30)/b16-9+. The summed E-state index contributed by atoms with van der Waals surface area (Å²) in [5.74, 6) is 0.592. The lowest BCUT2D eigenvalue weighted by Crippen LogP contribution is -2.20. The van der Waals surface area contributed by atoms with Crippen LogP contribution in [0, 0.1) is 14.9 Å². The molecule has 1 amide bonds. The Labute approximate surface area is 209 Å². The number of para-hydroxylation sites is 1. The quantitative estimate of drug-likeness (QED) is 0.193. The molecule has 0 bridgehead atoms. The summed E-state index contributed by atoms with van der Waals surface area (Å²) >= 11 is 14.3. The molecule has 3 aromatic rings. The maximum Gasteiger partial charge on any atom is 0.262 e. The van der Waals surface area contributed by atoms with Crippen LogP contribution in [-0.2, 0) is 4.79 Å². The van der Waals surface area contributed by atoms with Crippen molar-refractivity contribution in [3.63, 3.8) is 0 Å². The summed E-state index contributed by atoms with van der Waals surface area (Å²) in [6.07, 6.45) is 1.70. The maximum absolute atomic E-state index is 12.2. The van der Waals surface area contributed by atoms with Crippen LogP contribution in [0.1, 0.15) is 11.1 Å². The van der Waals surface area contributed by atoms with E-state index >= 15 is 0 Å². The molecule has 1 N–H and O–H groups in total. The van der Waals surface area contributed by atoms with Gasteiger partial charge in [0, 0.05) is 16.3 Å². The van der Waals surface area contributed by atoms with E-state index in [2.05, 4.69) is 34.0 Å². The van der Waals surface area contributed by atoms with Gasteiger partial charge in [-0.15, -0.1) is 0 Å². The molecule has 0 aliphatic carbocycles. The zero-order chi connectivity index (χ0) is 23.1. The van der Waals surface area contributed by atoms with Crippen molar-refractivity contribution in [3.8, 4) is 17.6 Å². The van der Waals surface area contributed by atoms with Crippen LogP contribution >= 0.6 is 45.8 Å². The Kier molecular flexibility index (Phi) is 8.39. The normalized spacial score (nSPS) is 10.9. The van der Waals surface area contributed by atoms with E-state index in [0.717, 1.165) is 9.13 Å². The van der Waals surface area contributed by atoms with Crippen LogP contribution in [0.15, 0.2) is 60.7 Å². The average molecular weight is 579 g/mol. The number of ether oxygens (including phenoxy) is 2. The minimum absolute atomic E-state index is 0.180. The number of hydrogen-bond acceptors (Lipinski definition) is 4. The lowest BCUT2D eigenvalue weighted by Gasteiger charge is -2.14. The summed E-state index contributed by atoms with van der Waals surface area (Å²) in [5, 5.41) is 13.3. The van der Waals surface area contributed by atoms with E-state index in [1.807, 2.05) is 24.3 Å². The van der Waals surface area contributed by atoms with Crippen LogP contribution in [0.5, 0.6) is 11.5 Å². The second kappa shape index (κ2) is 11.2. The number of carbonyl (C=O) groups is 1. The Bertz CT molecular complexity index is 1210. The summed E-state index contributed by atoms with van der Waals surface area (Å²) in [7, 11) is 1.51. The first-order valence-electron chi connectivity index (χ1n) is 9.33. The van der Waals surface area contributed by atoms with E-state index in [4.69, 9.17) is 32.7 Å². The van der Waals surface area contributed by atoms with Gasteiger partial charge < -0.3 is 14.8 Å². The van der Waals surface area contributed by atoms with E-state index in [1.165, 1.54) is 7.11 Å². The van der Waals surface area contributed by atoms with Crippen molar-refractivity contribution in [2.75, 3.05) is 19.0 Å². The smallest absolute Gasteiger partial charge is 0.262 e. The molecular weight excluding hydrogens is 562 g/mol. The molecule has 3 rings (SSSR count). The first-order valence-corrected chi connectivity index (χ1v) is 11.2. The molecule has 5 nitrogen and oxygen atoms in total. The second-order valence-corrected chi connectivity index (χ2v) is 8.54. The van der Waals surface area contributed by atoms with E-state index in [1.54, 1.807) is 42.5 Å². The van der Waals surface area contributed by atoms with Crippen molar-refractivity contribution >= 4 is 69.0 Å². The van der Waals surface area contributed by atoms with Gasteiger partial charge in [0.1, 0.15) is 0 Å². The summed E-state index contributed by atoms with van der Waals surface area (Å²) in [4.78, 5) is 12.2. The number of allylic oxidation sites excluding steroid dienone is 1. The van der Waals surface area contributed by atoms with Crippen LogP contribution in [0.3, 0.4) is 0 Å². The highest BCUT2D eigenvalue weighted by Crippen LogP contribution is 2.36. The monoisotopic (exact) mass is 578 g/mol. The zero-order valence-corrected chi connectivity index (χ0v) is 20.5. The molecule has 0 aromatic heterocycles. The molecule has 0 spiro atoms. The predicted molar refractivity (Wildman–Crippen MR) is 136 cm³/mol. The summed E-state index contributed by atoms with van der Waals surface area (Å²) < 4.78 is 11.9. The molecule has 0 radical (unpaired) electrons. The fraction of sp³-hybridized carbons (Fsp3) is 0.0833. The lowest BCUT2D eigenvalue weighted by atomic mass is 10.0. The highest BCUT2D eigenvalue weighted by atomic mass is 127. The molecule has 162 valence electrons. The van der Waals surface area contributed by atoms with Crippen LogP contribution in [0.4, 0.5) is 5.69 Å². The van der Waals surface area contributed by atoms with Gasteiger partial charge in [-0.05, 0) is 70.6 Å². The molecule has 0 fully saturated rings. The molecular formula is C24H17Cl2IN2O3. The van der Waals surface area contributed by atoms with Crippen LogP contribution in [0.25, 0.3) is 11.6 Å². The molecule has 32 heavy (non-hydrogen) atoms. The zero-order valence-electron chi connectivity index (χ0n) is 16.9. The Balaban J connectivity index is 1.82. The number of nitrogens with zero attached hydrogens (tertiary/aromatic N) is 1. The number of halogens is 3. The highest BCUT2D eigenvalue weighted by Gasteiger charge is 2.14. The number of amides is 1. The number of hydrogen-bond donors (Lipinski definition) is 1. The van der Waals surface area contributed by atoms with E-state index in [9.17, 15) is 10.1 Å². The number of anilines is 1. The van der Waals surface area contributed by atoms with Crippen molar-refractivity contribution in [1.82, 2.24) is 0 Å². The molecule has 0 saturated carbocycles. The third-order valence-corrected chi connectivity index (χ3v) is 5.66. The number of carbonyl (C=O) groups excluding carboxylic acids is 1. The van der Waals surface area contributed by atoms with Gasteiger partial charge in [0.15, 0.2) is 18.1 Å². The number of nitrogens with one attached hydrogen (secondary N) is 1. The SMILES string of the molecule is COc1cc(/C=C(\C#N)c2ccc(Cl)cc2Cl)cc(I)c1OCC(=O)Nc1ccccc1. The van der Waals surface area contributed by atoms with Gasteiger partial charge in [0.25, 0.3) is 5.91 Å². The largest absolute Gasteiger partial charge is 0.493 e. The third-order valence-electron chi connectivity index (χ3n) is 4.31. The van der Waals surface area contributed by atoms with Crippen LogP contribution in [-0.4, -0.2) is 19.6 Å². The minimum Gasteiger partial charge on any atom is -0.493 e. The fourth-order valence-electron chi connectivity index (χ4n) is 2.86. The highest BCUT2D eigenvalue weighted by molar-refractivity contribution is 14.1. The number of benzene rings is 3. The molecule has 0 unspecified atom stereocenters. The summed E-state index contributed by atoms with van der Waals surface area (Å²) in [6, 6.07) is 19.8. The number of rotatable bonds is 7. The lowest BCUT2D eigenvalue weighted by molar-refractivity contribution is -0.118. The third kappa shape index (κ3) is 6.16. The van der Waals surface area contributed by atoms with Crippen molar-refractivity contribution in [2.24, 2.45) is 0 Å². The van der Waals surface area contributed by atoms with Gasteiger partial charge in [-0.25, -0.2) is 0 Å². The number of nitriles is 1. The Hall–Kier alpha value is -2.73. The maximum atomic E-state index is 12.2. The van der Waals surface area contributed by atoms with E-state index in [0.29, 0.717) is 38.4 Å². The molecule has 3 aromatic carbocycles. The summed E-state index contributed by atoms with van der Waals surface area (Å²) in [5.41, 5.74) is 2.36. The predicted octanol–water partition coefficient (Wildman–Crippen LogP) is 6.69. The molecule has 0 heterocycles. The van der Waals surface area contributed by atoms with E-state index < -0.39 is 0 Å². The molecule has 0 atom stereocenters. The van der Waals surface area contributed by atoms with Gasteiger partial charge in [-0.2, -0.15) is 5.26 Å². The minimum atomic E-state index is -0.290. The Morgan fingerprint density at radius 1 is 1.16 bits per heavy atom. The first-order chi connectivity index (χ1) is 15.4. The van der Waals surface area contributed by atoms with Crippen LogP contribution < -0.4 is 14.8 Å². The molecule has 0 aliphatic rings. The van der Waals surface area contributed by atoms with E-state index in [-0.39, 0.29) is 12.5 Å². The molecule has 0 aliphatic heterocycles. The fourth-order valence-corrected chi connectivity index (χ4v) is 4.16. The van der Waals surface area contributed by atoms with Gasteiger partial charge >= 0.3 is 0 Å². The van der Waals surface area contributed by atoms with Crippen LogP contribution in [0.2, 0.25) is 10.0 Å². The first kappa shape index (κ1) is 23.9. The van der Waals surface area contributed by atoms with Crippen molar-refractivity contribution in [1.29, 1.82) is 5.26 Å². The number of methoxy groups -OCH3 is 1. The summed E-state index contributed by atoms with van der Waals surface area (Å²) in [6.45, 7) is -0.180. The van der Waals surface area contributed by atoms with Crippen molar-refractivity contribution < 1.29 is 14.3 Å².